The molecule has 1 aromatic rings. The zero-order valence-corrected chi connectivity index (χ0v) is 13.0. The molecular formula is C13H20BrNO2S. The van der Waals surface area contributed by atoms with Crippen LogP contribution in [0.25, 0.3) is 0 Å². The molecule has 0 radical (unpaired) electrons. The van der Waals surface area contributed by atoms with E-state index in [-0.39, 0.29) is 12.6 Å². The lowest BCUT2D eigenvalue weighted by Gasteiger charge is -2.17. The Hall–Kier alpha value is -0.230. The highest BCUT2D eigenvalue weighted by Gasteiger charge is 2.13. The van der Waals surface area contributed by atoms with Crippen LogP contribution in [0.4, 0.5) is 0 Å². The molecule has 2 atom stereocenters. The van der Waals surface area contributed by atoms with Crippen LogP contribution in [0.3, 0.4) is 0 Å². The molecule has 2 unspecified atom stereocenters. The van der Waals surface area contributed by atoms with E-state index in [0.717, 1.165) is 22.3 Å². The van der Waals surface area contributed by atoms with E-state index in [0.29, 0.717) is 12.2 Å². The molecule has 0 spiro atoms. The monoisotopic (exact) mass is 333 g/mol. The van der Waals surface area contributed by atoms with Crippen LogP contribution in [-0.2, 0) is 10.8 Å². The van der Waals surface area contributed by atoms with Crippen LogP contribution in [-0.4, -0.2) is 34.3 Å². The van der Waals surface area contributed by atoms with Crippen LogP contribution in [0.5, 0.6) is 0 Å². The lowest BCUT2D eigenvalue weighted by atomic mass is 10.2. The second-order valence-electron chi connectivity index (χ2n) is 4.13. The Morgan fingerprint density at radius 3 is 2.89 bits per heavy atom. The Labute approximate surface area is 120 Å². The van der Waals surface area contributed by atoms with Gasteiger partial charge in [0.2, 0.25) is 0 Å². The van der Waals surface area contributed by atoms with Gasteiger partial charge in [-0.3, -0.25) is 4.21 Å². The molecule has 18 heavy (non-hydrogen) atoms. The summed E-state index contributed by atoms with van der Waals surface area (Å²) in [6, 6.07) is 7.66. The van der Waals surface area contributed by atoms with Crippen molar-refractivity contribution < 1.29 is 9.32 Å². The second kappa shape index (κ2) is 8.80. The first-order valence-electron chi connectivity index (χ1n) is 6.15. The minimum absolute atomic E-state index is 0.106. The van der Waals surface area contributed by atoms with Crippen molar-refractivity contribution in [3.63, 3.8) is 0 Å². The maximum Gasteiger partial charge on any atom is 0.0545 e. The van der Waals surface area contributed by atoms with Crippen molar-refractivity contribution in [3.05, 3.63) is 28.7 Å². The Kier molecular flexibility index (Phi) is 7.74. The number of benzene rings is 1. The topological polar surface area (TPSA) is 49.3 Å². The lowest BCUT2D eigenvalue weighted by molar-refractivity contribution is 0.270. The van der Waals surface area contributed by atoms with E-state index in [1.54, 1.807) is 0 Å². The van der Waals surface area contributed by atoms with Crippen molar-refractivity contribution in [2.24, 2.45) is 0 Å². The zero-order valence-electron chi connectivity index (χ0n) is 10.6. The Balaban J connectivity index is 2.59. The van der Waals surface area contributed by atoms with Gasteiger partial charge in [0.25, 0.3) is 0 Å². The van der Waals surface area contributed by atoms with Gasteiger partial charge in [-0.2, -0.15) is 0 Å². The summed E-state index contributed by atoms with van der Waals surface area (Å²) in [7, 11) is -1.03. The third-order valence-corrected chi connectivity index (χ3v) is 4.55. The van der Waals surface area contributed by atoms with Gasteiger partial charge >= 0.3 is 0 Å². The zero-order chi connectivity index (χ0) is 13.4. The highest BCUT2D eigenvalue weighted by molar-refractivity contribution is 9.10. The molecule has 0 aliphatic heterocycles. The molecule has 0 saturated carbocycles. The van der Waals surface area contributed by atoms with E-state index in [9.17, 15) is 4.21 Å². The average molecular weight is 334 g/mol. The number of hydrogen-bond donors (Lipinski definition) is 2. The third-order valence-electron chi connectivity index (χ3n) is 2.57. The van der Waals surface area contributed by atoms with E-state index in [4.69, 9.17) is 5.11 Å². The largest absolute Gasteiger partial charge is 0.396 e. The smallest absolute Gasteiger partial charge is 0.0545 e. The van der Waals surface area contributed by atoms with Gasteiger partial charge in [0.05, 0.1) is 10.8 Å². The predicted octanol–water partition coefficient (Wildman–Crippen LogP) is 2.31. The van der Waals surface area contributed by atoms with E-state index in [1.165, 1.54) is 0 Å². The number of rotatable bonds is 8. The molecule has 0 aliphatic carbocycles. The molecule has 0 bridgehead atoms. The first kappa shape index (κ1) is 15.8. The van der Waals surface area contributed by atoms with Crippen LogP contribution in [0, 0.1) is 0 Å². The van der Waals surface area contributed by atoms with Gasteiger partial charge in [0.1, 0.15) is 0 Å². The van der Waals surface area contributed by atoms with Gasteiger partial charge < -0.3 is 10.4 Å². The van der Waals surface area contributed by atoms with Gasteiger partial charge in [-0.25, -0.2) is 0 Å². The van der Waals surface area contributed by atoms with Crippen molar-refractivity contribution >= 4 is 26.7 Å². The number of halogens is 1. The summed E-state index contributed by atoms with van der Waals surface area (Å²) < 4.78 is 13.2. The summed E-state index contributed by atoms with van der Waals surface area (Å²) in [5.74, 6) is 0.539. The van der Waals surface area contributed by atoms with Crippen LogP contribution in [0.1, 0.15) is 19.8 Å². The van der Waals surface area contributed by atoms with Gasteiger partial charge in [-0.1, -0.05) is 28.9 Å². The van der Waals surface area contributed by atoms with E-state index in [2.05, 4.69) is 28.2 Å². The number of aliphatic hydroxyl groups excluding tert-OH is 1. The molecule has 2 N–H and O–H groups in total. The summed E-state index contributed by atoms with van der Waals surface area (Å²) in [5, 5.41) is 12.3. The standard InChI is InChI=1S/C13H20BrNO2S/c1-2-7-15-12(6-8-16)10-18(17)13-5-3-4-11(14)9-13/h3-5,9,12,15-16H,2,6-8,10H2,1H3. The van der Waals surface area contributed by atoms with Crippen molar-refractivity contribution in [1.82, 2.24) is 5.32 Å². The average Bonchev–Trinajstić information content (AvgIpc) is 2.36. The van der Waals surface area contributed by atoms with E-state index in [1.807, 2.05) is 24.3 Å². The van der Waals surface area contributed by atoms with Gasteiger partial charge in [0, 0.05) is 27.8 Å². The van der Waals surface area contributed by atoms with Crippen molar-refractivity contribution in [2.45, 2.75) is 30.7 Å². The molecule has 0 aliphatic rings. The molecule has 3 nitrogen and oxygen atoms in total. The Morgan fingerprint density at radius 1 is 1.50 bits per heavy atom. The van der Waals surface area contributed by atoms with Gasteiger partial charge in [-0.15, -0.1) is 0 Å². The summed E-state index contributed by atoms with van der Waals surface area (Å²) in [5.41, 5.74) is 0. The van der Waals surface area contributed by atoms with Gasteiger partial charge in [0.15, 0.2) is 0 Å². The van der Waals surface area contributed by atoms with Crippen molar-refractivity contribution in [3.8, 4) is 0 Å². The second-order valence-corrected chi connectivity index (χ2v) is 6.54. The molecular weight excluding hydrogens is 314 g/mol. The third kappa shape index (κ3) is 5.61. The molecule has 102 valence electrons. The molecule has 0 fully saturated rings. The first-order chi connectivity index (χ1) is 8.67. The van der Waals surface area contributed by atoms with Crippen LogP contribution in [0.15, 0.2) is 33.6 Å². The molecule has 0 heterocycles. The maximum atomic E-state index is 12.2. The minimum Gasteiger partial charge on any atom is -0.396 e. The molecule has 1 rings (SSSR count). The highest BCUT2D eigenvalue weighted by atomic mass is 79.9. The van der Waals surface area contributed by atoms with Crippen molar-refractivity contribution in [1.29, 1.82) is 0 Å². The normalized spacial score (nSPS) is 14.4. The minimum atomic E-state index is -1.03. The molecule has 5 heteroatoms. The van der Waals surface area contributed by atoms with Gasteiger partial charge in [-0.05, 0) is 37.6 Å². The Morgan fingerprint density at radius 2 is 2.28 bits per heavy atom. The highest BCUT2D eigenvalue weighted by Crippen LogP contribution is 2.15. The number of aliphatic hydroxyl groups is 1. The number of nitrogens with one attached hydrogen (secondary N) is 1. The van der Waals surface area contributed by atoms with Crippen molar-refractivity contribution in [2.75, 3.05) is 18.9 Å². The fraction of sp³-hybridized carbons (Fsp3) is 0.538. The SMILES string of the molecule is CCCNC(CCO)CS(=O)c1cccc(Br)c1. The van der Waals surface area contributed by atoms with Crippen LogP contribution in [0.2, 0.25) is 0 Å². The van der Waals surface area contributed by atoms with E-state index >= 15 is 0 Å². The lowest BCUT2D eigenvalue weighted by Crippen LogP contribution is -2.35. The summed E-state index contributed by atoms with van der Waals surface area (Å²) in [4.78, 5) is 0.825. The molecule has 1 aromatic carbocycles. The Bertz CT molecular complexity index is 387. The number of hydrogen-bond acceptors (Lipinski definition) is 3. The van der Waals surface area contributed by atoms with E-state index < -0.39 is 10.8 Å². The molecule has 0 saturated heterocycles. The van der Waals surface area contributed by atoms with Crippen LogP contribution >= 0.6 is 15.9 Å². The quantitative estimate of drug-likeness (QED) is 0.767. The fourth-order valence-electron chi connectivity index (χ4n) is 1.64. The molecule has 0 amide bonds. The molecule has 0 aromatic heterocycles. The summed E-state index contributed by atoms with van der Waals surface area (Å²) in [6.45, 7) is 3.10. The maximum absolute atomic E-state index is 12.2. The fourth-order valence-corrected chi connectivity index (χ4v) is 3.52. The first-order valence-corrected chi connectivity index (χ1v) is 8.26. The predicted molar refractivity (Wildman–Crippen MR) is 79.2 cm³/mol. The summed E-state index contributed by atoms with van der Waals surface area (Å²) in [6.07, 6.45) is 1.67. The van der Waals surface area contributed by atoms with Crippen LogP contribution < -0.4 is 5.32 Å². The summed E-state index contributed by atoms with van der Waals surface area (Å²) >= 11 is 3.38.